The molecule has 4 nitrogen and oxygen atoms in total. The molecule has 2 heterocycles. The number of pyridine rings is 1. The van der Waals surface area contributed by atoms with Crippen molar-refractivity contribution in [3.8, 4) is 6.07 Å². The van der Waals surface area contributed by atoms with E-state index in [1.54, 1.807) is 0 Å². The molecule has 0 saturated carbocycles. The summed E-state index contributed by atoms with van der Waals surface area (Å²) in [6, 6.07) is 4.57. The van der Waals surface area contributed by atoms with Gasteiger partial charge in [-0.1, -0.05) is 0 Å². The quantitative estimate of drug-likeness (QED) is 0.853. The van der Waals surface area contributed by atoms with Crippen molar-refractivity contribution < 1.29 is 13.2 Å². The molecule has 0 aliphatic carbocycles. The van der Waals surface area contributed by atoms with Crippen molar-refractivity contribution in [2.75, 3.05) is 37.6 Å². The van der Waals surface area contributed by atoms with Crippen LogP contribution in [-0.4, -0.2) is 42.6 Å². The third-order valence-electron chi connectivity index (χ3n) is 3.31. The smallest absolute Gasteiger partial charge is 0.354 e. The van der Waals surface area contributed by atoms with Gasteiger partial charge in [0, 0.05) is 45.3 Å². The third-order valence-corrected chi connectivity index (χ3v) is 3.31. The molecule has 0 N–H and O–H groups in total. The molecular weight excluding hydrogens is 269 g/mol. The number of alkyl halides is 3. The summed E-state index contributed by atoms with van der Waals surface area (Å²) in [6.07, 6.45) is -2.97. The number of rotatable bonds is 3. The molecule has 20 heavy (non-hydrogen) atoms. The van der Waals surface area contributed by atoms with Crippen molar-refractivity contribution in [1.82, 2.24) is 9.88 Å². The topological polar surface area (TPSA) is 43.2 Å². The van der Waals surface area contributed by atoms with Crippen LogP contribution in [0, 0.1) is 11.3 Å². The molecule has 0 unspecified atom stereocenters. The van der Waals surface area contributed by atoms with E-state index in [4.69, 9.17) is 5.26 Å². The molecule has 1 aromatic heterocycles. The van der Waals surface area contributed by atoms with E-state index in [1.165, 1.54) is 6.07 Å². The minimum Gasteiger partial charge on any atom is -0.354 e. The van der Waals surface area contributed by atoms with Gasteiger partial charge in [-0.05, 0) is 12.1 Å². The first-order chi connectivity index (χ1) is 9.50. The number of hydrogen-bond acceptors (Lipinski definition) is 4. The molecule has 1 saturated heterocycles. The molecule has 7 heteroatoms. The highest BCUT2D eigenvalue weighted by Crippen LogP contribution is 2.29. The first-order valence-electron chi connectivity index (χ1n) is 6.38. The molecule has 0 atom stereocenters. The summed E-state index contributed by atoms with van der Waals surface area (Å²) < 4.78 is 37.3. The van der Waals surface area contributed by atoms with Gasteiger partial charge >= 0.3 is 6.18 Å². The Hall–Kier alpha value is -1.81. The van der Waals surface area contributed by atoms with Gasteiger partial charge in [0.05, 0.1) is 11.6 Å². The molecule has 1 aromatic rings. The fourth-order valence-corrected chi connectivity index (χ4v) is 2.15. The lowest BCUT2D eigenvalue weighted by Crippen LogP contribution is -2.46. The zero-order valence-electron chi connectivity index (χ0n) is 10.9. The Kier molecular flexibility index (Phi) is 4.45. The van der Waals surface area contributed by atoms with Crippen LogP contribution in [0.4, 0.5) is 19.0 Å². The molecule has 0 bridgehead atoms. The predicted molar refractivity (Wildman–Crippen MR) is 68.1 cm³/mol. The Bertz CT molecular complexity index is 470. The summed E-state index contributed by atoms with van der Waals surface area (Å²) >= 11 is 0. The normalized spacial score (nSPS) is 17.0. The molecule has 0 amide bonds. The van der Waals surface area contributed by atoms with Crippen molar-refractivity contribution >= 4 is 5.82 Å². The fourth-order valence-electron chi connectivity index (χ4n) is 2.15. The number of nitriles is 1. The van der Waals surface area contributed by atoms with Crippen LogP contribution in [0.1, 0.15) is 12.0 Å². The van der Waals surface area contributed by atoms with E-state index in [-0.39, 0.29) is 0 Å². The second-order valence-corrected chi connectivity index (χ2v) is 4.64. The Balaban J connectivity index is 1.92. The zero-order chi connectivity index (χ0) is 14.6. The predicted octanol–water partition coefficient (Wildman–Crippen LogP) is 2.14. The van der Waals surface area contributed by atoms with Gasteiger partial charge in [0.15, 0.2) is 0 Å². The number of hydrogen-bond donors (Lipinski definition) is 0. The molecule has 2 rings (SSSR count). The van der Waals surface area contributed by atoms with Gasteiger partial charge in [0.2, 0.25) is 0 Å². The molecule has 0 aromatic carbocycles. The number of piperazine rings is 1. The van der Waals surface area contributed by atoms with Gasteiger partial charge in [0.25, 0.3) is 0 Å². The van der Waals surface area contributed by atoms with Crippen LogP contribution < -0.4 is 4.90 Å². The van der Waals surface area contributed by atoms with Crippen molar-refractivity contribution in [3.63, 3.8) is 0 Å². The molecular formula is C13H15F3N4. The highest BCUT2D eigenvalue weighted by Gasteiger charge is 2.31. The molecule has 0 spiro atoms. The van der Waals surface area contributed by atoms with E-state index in [0.717, 1.165) is 31.9 Å². The van der Waals surface area contributed by atoms with E-state index < -0.39 is 11.7 Å². The molecule has 1 fully saturated rings. The molecule has 1 aliphatic heterocycles. The third kappa shape index (κ3) is 3.61. The summed E-state index contributed by atoms with van der Waals surface area (Å²) in [5.41, 5.74) is -0.728. The van der Waals surface area contributed by atoms with Crippen molar-refractivity contribution in [2.45, 2.75) is 12.6 Å². The van der Waals surface area contributed by atoms with Gasteiger partial charge in [-0.2, -0.15) is 18.4 Å². The van der Waals surface area contributed by atoms with E-state index in [2.05, 4.69) is 16.0 Å². The van der Waals surface area contributed by atoms with E-state index >= 15 is 0 Å². The second-order valence-electron chi connectivity index (χ2n) is 4.64. The fraction of sp³-hybridized carbons (Fsp3) is 0.538. The SMILES string of the molecule is N#CCCN1CCN(c2ccc(C(F)(F)F)cn2)CC1. The Morgan fingerprint density at radius 3 is 2.40 bits per heavy atom. The van der Waals surface area contributed by atoms with Crippen molar-refractivity contribution in [1.29, 1.82) is 5.26 Å². The minimum atomic E-state index is -4.35. The lowest BCUT2D eigenvalue weighted by Gasteiger charge is -2.35. The van der Waals surface area contributed by atoms with Crippen LogP contribution in [-0.2, 0) is 6.18 Å². The lowest BCUT2D eigenvalue weighted by atomic mass is 10.2. The number of nitrogens with zero attached hydrogens (tertiary/aromatic N) is 4. The number of halogens is 3. The monoisotopic (exact) mass is 284 g/mol. The van der Waals surface area contributed by atoms with Crippen LogP contribution in [0.5, 0.6) is 0 Å². The minimum absolute atomic E-state index is 0.499. The summed E-state index contributed by atoms with van der Waals surface area (Å²) in [7, 11) is 0. The van der Waals surface area contributed by atoms with Crippen molar-refractivity contribution in [3.05, 3.63) is 23.9 Å². The van der Waals surface area contributed by atoms with Crippen molar-refractivity contribution in [2.24, 2.45) is 0 Å². The first kappa shape index (κ1) is 14.6. The maximum atomic E-state index is 12.4. The highest BCUT2D eigenvalue weighted by atomic mass is 19.4. The Labute approximate surface area is 115 Å². The average Bonchev–Trinajstić information content (AvgIpc) is 2.45. The van der Waals surface area contributed by atoms with E-state index in [0.29, 0.717) is 25.3 Å². The summed E-state index contributed by atoms with van der Waals surface area (Å²) in [6.45, 7) is 3.76. The highest BCUT2D eigenvalue weighted by molar-refractivity contribution is 5.40. The van der Waals surface area contributed by atoms with Gasteiger partial charge in [-0.3, -0.25) is 4.90 Å². The van der Waals surface area contributed by atoms with Gasteiger partial charge in [-0.15, -0.1) is 0 Å². The molecule has 108 valence electrons. The Morgan fingerprint density at radius 1 is 1.20 bits per heavy atom. The van der Waals surface area contributed by atoms with Crippen LogP contribution in [0.25, 0.3) is 0 Å². The van der Waals surface area contributed by atoms with Crippen LogP contribution in [0.3, 0.4) is 0 Å². The van der Waals surface area contributed by atoms with Crippen LogP contribution in [0.15, 0.2) is 18.3 Å². The van der Waals surface area contributed by atoms with Gasteiger partial charge in [0.1, 0.15) is 5.82 Å². The zero-order valence-corrected chi connectivity index (χ0v) is 10.9. The second kappa shape index (κ2) is 6.09. The largest absolute Gasteiger partial charge is 0.417 e. The molecule has 0 radical (unpaired) electrons. The van der Waals surface area contributed by atoms with E-state index in [9.17, 15) is 13.2 Å². The van der Waals surface area contributed by atoms with E-state index in [1.807, 2.05) is 4.90 Å². The summed E-state index contributed by atoms with van der Waals surface area (Å²) in [5.74, 6) is 0.568. The van der Waals surface area contributed by atoms with Gasteiger partial charge < -0.3 is 4.90 Å². The average molecular weight is 284 g/mol. The lowest BCUT2D eigenvalue weighted by molar-refractivity contribution is -0.137. The Morgan fingerprint density at radius 2 is 1.90 bits per heavy atom. The standard InChI is InChI=1S/C13H15F3N4/c14-13(15,16)11-2-3-12(18-10-11)20-8-6-19(7-9-20)5-1-4-17/h2-3,10H,1,5-9H2. The van der Waals surface area contributed by atoms with Gasteiger partial charge in [-0.25, -0.2) is 4.98 Å². The number of anilines is 1. The molecule has 1 aliphatic rings. The number of aromatic nitrogens is 1. The maximum Gasteiger partial charge on any atom is 0.417 e. The summed E-state index contributed by atoms with van der Waals surface area (Å²) in [5, 5.41) is 8.53. The first-order valence-corrected chi connectivity index (χ1v) is 6.38. The maximum absolute atomic E-state index is 12.4. The summed E-state index contributed by atoms with van der Waals surface area (Å²) in [4.78, 5) is 8.02. The van der Waals surface area contributed by atoms with Crippen LogP contribution in [0.2, 0.25) is 0 Å². The van der Waals surface area contributed by atoms with Crippen LogP contribution >= 0.6 is 0 Å².